The summed E-state index contributed by atoms with van der Waals surface area (Å²) in [5.74, 6) is -1.07. The van der Waals surface area contributed by atoms with Crippen LogP contribution in [0.1, 0.15) is 58.8 Å². The quantitative estimate of drug-likeness (QED) is 0.516. The third-order valence-electron chi connectivity index (χ3n) is 8.98. The smallest absolute Gasteiger partial charge is 0.321 e. The van der Waals surface area contributed by atoms with Gasteiger partial charge >= 0.3 is 5.97 Å². The maximum atomic E-state index is 12.9. The van der Waals surface area contributed by atoms with Gasteiger partial charge in [0.05, 0.1) is 6.10 Å². The summed E-state index contributed by atoms with van der Waals surface area (Å²) < 4.78 is 4.90. The number of carbonyl (C=O) groups is 3. The van der Waals surface area contributed by atoms with Gasteiger partial charge in [0.2, 0.25) is 5.78 Å². The minimum atomic E-state index is -1.63. The Labute approximate surface area is 182 Å². The van der Waals surface area contributed by atoms with Gasteiger partial charge in [0.15, 0.2) is 12.4 Å². The molecule has 0 bridgehead atoms. The normalized spacial score (nSPS) is 45.1. The van der Waals surface area contributed by atoms with Gasteiger partial charge in [-0.3, -0.25) is 14.4 Å². The summed E-state index contributed by atoms with van der Waals surface area (Å²) >= 11 is 5.43. The third kappa shape index (κ3) is 3.01. The van der Waals surface area contributed by atoms with Crippen molar-refractivity contribution in [1.82, 2.24) is 0 Å². The SMILES string of the molecule is CC12CCC(=O)C=C1CCC1C2C(O)CC2(C)C1CCC2(O)C(=O)COC(=O)CCl. The lowest BCUT2D eigenvalue weighted by molar-refractivity contribution is -0.184. The van der Waals surface area contributed by atoms with E-state index in [0.717, 1.165) is 24.8 Å². The molecule has 4 rings (SSSR count). The van der Waals surface area contributed by atoms with Crippen LogP contribution in [0.4, 0.5) is 0 Å². The van der Waals surface area contributed by atoms with Gasteiger partial charge in [0.1, 0.15) is 11.5 Å². The van der Waals surface area contributed by atoms with E-state index in [0.29, 0.717) is 25.7 Å². The zero-order chi connectivity index (χ0) is 21.9. The van der Waals surface area contributed by atoms with Crippen molar-refractivity contribution < 1.29 is 29.3 Å². The van der Waals surface area contributed by atoms with E-state index in [-0.39, 0.29) is 34.8 Å². The maximum Gasteiger partial charge on any atom is 0.321 e. The molecule has 0 aliphatic heterocycles. The molecule has 4 aliphatic rings. The van der Waals surface area contributed by atoms with Crippen LogP contribution in [0.25, 0.3) is 0 Å². The van der Waals surface area contributed by atoms with E-state index >= 15 is 0 Å². The monoisotopic (exact) mass is 438 g/mol. The Balaban J connectivity index is 1.62. The van der Waals surface area contributed by atoms with Crippen molar-refractivity contribution in [3.05, 3.63) is 11.6 Å². The summed E-state index contributed by atoms with van der Waals surface area (Å²) in [6.45, 7) is 3.58. The molecule has 0 amide bonds. The molecule has 0 radical (unpaired) electrons. The fourth-order valence-corrected chi connectivity index (χ4v) is 7.53. The van der Waals surface area contributed by atoms with Crippen LogP contribution in [-0.2, 0) is 19.1 Å². The molecule has 7 unspecified atom stereocenters. The number of alkyl halides is 1. The highest BCUT2D eigenvalue weighted by atomic mass is 35.5. The van der Waals surface area contributed by atoms with E-state index in [4.69, 9.17) is 16.3 Å². The van der Waals surface area contributed by atoms with Crippen LogP contribution in [0.2, 0.25) is 0 Å². The van der Waals surface area contributed by atoms with Gasteiger partial charge in [0, 0.05) is 11.8 Å². The molecule has 0 aromatic heterocycles. The summed E-state index contributed by atoms with van der Waals surface area (Å²) in [6, 6.07) is 0. The van der Waals surface area contributed by atoms with Gasteiger partial charge in [-0.25, -0.2) is 0 Å². The number of ketones is 2. The van der Waals surface area contributed by atoms with Gasteiger partial charge in [-0.15, -0.1) is 11.6 Å². The van der Waals surface area contributed by atoms with Crippen LogP contribution < -0.4 is 0 Å². The second-order valence-corrected chi connectivity index (χ2v) is 10.5. The molecule has 4 aliphatic carbocycles. The van der Waals surface area contributed by atoms with E-state index in [1.165, 1.54) is 0 Å². The first-order valence-electron chi connectivity index (χ1n) is 11.0. The molecule has 166 valence electrons. The van der Waals surface area contributed by atoms with Gasteiger partial charge < -0.3 is 14.9 Å². The lowest BCUT2D eigenvalue weighted by Gasteiger charge is -2.60. The van der Waals surface area contributed by atoms with E-state index in [9.17, 15) is 24.6 Å². The summed E-state index contributed by atoms with van der Waals surface area (Å²) in [6.07, 6.45) is 5.37. The topological polar surface area (TPSA) is 101 Å². The standard InChI is InChI=1S/C23H31ClO6/c1-21-7-5-14(25)9-13(21)3-4-15-16-6-8-23(29,18(27)12-30-19(28)11-24)22(16,2)10-17(26)20(15)21/h9,15-17,20,26,29H,3-8,10-12H2,1-2H3. The second kappa shape index (κ2) is 7.42. The van der Waals surface area contributed by atoms with E-state index < -0.39 is 35.5 Å². The number of ether oxygens (including phenoxy) is 1. The number of Topliss-reactive ketones (excluding diaryl/α,β-unsaturated/α-hetero) is 1. The predicted molar refractivity (Wildman–Crippen MR) is 110 cm³/mol. The van der Waals surface area contributed by atoms with Crippen molar-refractivity contribution in [3.63, 3.8) is 0 Å². The van der Waals surface area contributed by atoms with E-state index in [1.54, 1.807) is 6.08 Å². The molecule has 0 aromatic rings. The summed E-state index contributed by atoms with van der Waals surface area (Å²) in [5.41, 5.74) is -1.46. The first-order chi connectivity index (χ1) is 14.1. The van der Waals surface area contributed by atoms with Gasteiger partial charge in [-0.2, -0.15) is 0 Å². The predicted octanol–water partition coefficient (Wildman–Crippen LogP) is 2.57. The number of fused-ring (bicyclic) bond motifs is 5. The first kappa shape index (κ1) is 22.0. The van der Waals surface area contributed by atoms with Crippen LogP contribution >= 0.6 is 11.6 Å². The molecule has 3 fully saturated rings. The number of aliphatic hydroxyl groups is 2. The number of allylic oxidation sites excluding steroid dienone is 1. The number of aliphatic hydroxyl groups excluding tert-OH is 1. The summed E-state index contributed by atoms with van der Waals surface area (Å²) in [4.78, 5) is 36.3. The molecule has 0 heterocycles. The fourth-order valence-electron chi connectivity index (χ4n) is 7.45. The molecular weight excluding hydrogens is 408 g/mol. The number of esters is 1. The largest absolute Gasteiger partial charge is 0.457 e. The maximum absolute atomic E-state index is 12.9. The Kier molecular flexibility index (Phi) is 5.43. The number of halogens is 1. The molecule has 0 aromatic carbocycles. The Morgan fingerprint density at radius 2 is 1.97 bits per heavy atom. The lowest BCUT2D eigenvalue weighted by Crippen LogP contribution is -2.62. The van der Waals surface area contributed by atoms with E-state index in [2.05, 4.69) is 6.92 Å². The molecule has 2 N–H and O–H groups in total. The third-order valence-corrected chi connectivity index (χ3v) is 9.20. The fraction of sp³-hybridized carbons (Fsp3) is 0.783. The summed E-state index contributed by atoms with van der Waals surface area (Å²) in [7, 11) is 0. The van der Waals surface area contributed by atoms with Crippen LogP contribution in [0.5, 0.6) is 0 Å². The van der Waals surface area contributed by atoms with Crippen molar-refractivity contribution >= 4 is 29.1 Å². The zero-order valence-electron chi connectivity index (χ0n) is 17.7. The van der Waals surface area contributed by atoms with Crippen LogP contribution in [0.15, 0.2) is 11.6 Å². The number of hydrogen-bond acceptors (Lipinski definition) is 6. The van der Waals surface area contributed by atoms with Crippen LogP contribution in [0, 0.1) is 28.6 Å². The molecule has 6 nitrogen and oxygen atoms in total. The van der Waals surface area contributed by atoms with E-state index in [1.807, 2.05) is 6.92 Å². The van der Waals surface area contributed by atoms with Crippen molar-refractivity contribution in [1.29, 1.82) is 0 Å². The highest BCUT2D eigenvalue weighted by molar-refractivity contribution is 6.26. The van der Waals surface area contributed by atoms with Crippen molar-refractivity contribution in [2.75, 3.05) is 12.5 Å². The minimum absolute atomic E-state index is 0.0233. The Morgan fingerprint density at radius 3 is 2.67 bits per heavy atom. The average Bonchev–Trinajstić information content (AvgIpc) is 2.97. The van der Waals surface area contributed by atoms with Crippen molar-refractivity contribution in [2.24, 2.45) is 28.6 Å². The van der Waals surface area contributed by atoms with Crippen LogP contribution in [0.3, 0.4) is 0 Å². The Morgan fingerprint density at radius 1 is 1.23 bits per heavy atom. The zero-order valence-corrected chi connectivity index (χ0v) is 18.4. The molecule has 0 spiro atoms. The minimum Gasteiger partial charge on any atom is -0.457 e. The highest BCUT2D eigenvalue weighted by Crippen LogP contribution is 2.67. The number of rotatable bonds is 4. The molecular formula is C23H31ClO6. The van der Waals surface area contributed by atoms with Crippen LogP contribution in [-0.4, -0.2) is 51.9 Å². The molecule has 3 saturated carbocycles. The first-order valence-corrected chi connectivity index (χ1v) is 11.5. The average molecular weight is 439 g/mol. The Hall–Kier alpha value is -1.24. The van der Waals surface area contributed by atoms with Gasteiger partial charge in [-0.05, 0) is 67.8 Å². The Bertz CT molecular complexity index is 808. The van der Waals surface area contributed by atoms with Gasteiger partial charge in [0.25, 0.3) is 0 Å². The highest BCUT2D eigenvalue weighted by Gasteiger charge is 2.68. The number of hydrogen-bond donors (Lipinski definition) is 2. The van der Waals surface area contributed by atoms with Crippen molar-refractivity contribution in [3.8, 4) is 0 Å². The van der Waals surface area contributed by atoms with Gasteiger partial charge in [-0.1, -0.05) is 19.4 Å². The second-order valence-electron chi connectivity index (χ2n) is 10.2. The molecule has 0 saturated heterocycles. The molecule has 7 heteroatoms. The molecule has 30 heavy (non-hydrogen) atoms. The van der Waals surface area contributed by atoms with Crippen molar-refractivity contribution in [2.45, 2.75) is 70.5 Å². The number of carbonyl (C=O) groups excluding carboxylic acids is 3. The molecule has 7 atom stereocenters. The lowest BCUT2D eigenvalue weighted by atomic mass is 9.45. The summed E-state index contributed by atoms with van der Waals surface area (Å²) in [5, 5.41) is 22.8.